The lowest BCUT2D eigenvalue weighted by atomic mass is 9.96. The summed E-state index contributed by atoms with van der Waals surface area (Å²) in [5, 5.41) is 11.8. The third-order valence-corrected chi connectivity index (χ3v) is 10.7. The summed E-state index contributed by atoms with van der Waals surface area (Å²) in [6.07, 6.45) is 5.01. The molecular weight excluding hydrogens is 833 g/mol. The minimum absolute atomic E-state index is 0.0147. The maximum Gasteiger partial charge on any atom is 0.419 e. The van der Waals surface area contributed by atoms with Crippen LogP contribution >= 0.6 is 0 Å². The Kier molecular flexibility index (Phi) is 18.1. The van der Waals surface area contributed by atoms with Crippen LogP contribution in [0.5, 0.6) is 0 Å². The number of ether oxygens (including phenoxy) is 3. The molecule has 0 unspecified atom stereocenters. The van der Waals surface area contributed by atoms with Gasteiger partial charge in [-0.15, -0.1) is 0 Å². The van der Waals surface area contributed by atoms with Gasteiger partial charge in [0.1, 0.15) is 42.1 Å². The van der Waals surface area contributed by atoms with Gasteiger partial charge in [-0.3, -0.25) is 33.4 Å². The van der Waals surface area contributed by atoms with E-state index in [-0.39, 0.29) is 43.0 Å². The van der Waals surface area contributed by atoms with Crippen LogP contribution in [0.1, 0.15) is 106 Å². The molecular formula is C49H66N6O10. The number of carbonyl (C=O) groups excluding carboxylic acids is 7. The van der Waals surface area contributed by atoms with Gasteiger partial charge in [0.2, 0.25) is 17.7 Å². The minimum atomic E-state index is -1.04. The Bertz CT molecular complexity index is 2240. The number of nitrogens with one attached hydrogen (secondary N) is 4. The van der Waals surface area contributed by atoms with Crippen molar-refractivity contribution in [3.63, 3.8) is 0 Å². The molecule has 6 amide bonds. The van der Waals surface area contributed by atoms with Gasteiger partial charge in [-0.2, -0.15) is 0 Å². The number of fused-ring (bicyclic) bond motifs is 1. The molecule has 65 heavy (non-hydrogen) atoms. The molecule has 2 aromatic carbocycles. The normalized spacial score (nSPS) is 16.4. The summed E-state index contributed by atoms with van der Waals surface area (Å²) in [5.41, 5.74) is 0.968. The van der Waals surface area contributed by atoms with Crippen molar-refractivity contribution in [2.24, 2.45) is 17.8 Å². The third-order valence-electron chi connectivity index (χ3n) is 10.7. The molecule has 1 aliphatic rings. The van der Waals surface area contributed by atoms with Crippen molar-refractivity contribution in [1.29, 1.82) is 0 Å². The molecule has 352 valence electrons. The van der Waals surface area contributed by atoms with Crippen LogP contribution in [-0.4, -0.2) is 88.1 Å². The molecule has 3 aromatic rings. The first-order valence-corrected chi connectivity index (χ1v) is 22.2. The quantitative estimate of drug-likeness (QED) is 0.0924. The van der Waals surface area contributed by atoms with Crippen molar-refractivity contribution in [3.8, 4) is 0 Å². The second-order valence-corrected chi connectivity index (χ2v) is 18.3. The summed E-state index contributed by atoms with van der Waals surface area (Å²) >= 11 is 0. The van der Waals surface area contributed by atoms with Crippen LogP contribution in [0, 0.1) is 17.8 Å². The average molecular weight is 899 g/mol. The van der Waals surface area contributed by atoms with Crippen LogP contribution in [-0.2, 0) is 44.8 Å². The van der Waals surface area contributed by atoms with Crippen LogP contribution in [0.2, 0.25) is 0 Å². The first-order chi connectivity index (χ1) is 30.6. The van der Waals surface area contributed by atoms with Gasteiger partial charge in [0.05, 0.1) is 12.6 Å². The van der Waals surface area contributed by atoms with E-state index in [9.17, 15) is 33.6 Å². The van der Waals surface area contributed by atoms with E-state index in [1.54, 1.807) is 52.0 Å². The fourth-order valence-electron chi connectivity index (χ4n) is 7.32. The number of aromatic nitrogens is 1. The van der Waals surface area contributed by atoms with Crippen molar-refractivity contribution in [3.05, 3.63) is 95.9 Å². The summed E-state index contributed by atoms with van der Waals surface area (Å²) in [4.78, 5) is 96.0. The first kappa shape index (κ1) is 51.2. The number of hydrogen-bond acceptors (Lipinski definition) is 10. The van der Waals surface area contributed by atoms with Crippen molar-refractivity contribution in [2.75, 3.05) is 7.11 Å². The highest BCUT2D eigenvalue weighted by Crippen LogP contribution is 2.39. The first-order valence-electron chi connectivity index (χ1n) is 22.2. The molecule has 0 radical (unpaired) electrons. The van der Waals surface area contributed by atoms with Gasteiger partial charge in [0, 0.05) is 35.3 Å². The number of amides is 6. The zero-order valence-corrected chi connectivity index (χ0v) is 39.4. The Balaban J connectivity index is 1.48. The zero-order valence-electron chi connectivity index (χ0n) is 39.4. The molecule has 0 bridgehead atoms. The van der Waals surface area contributed by atoms with Crippen LogP contribution in [0.15, 0.2) is 84.8 Å². The SMILES string of the molecule is CC[C@H](C)[C@H](NC(=O)OCc1ccccc1)C(=O)N[C@@H](CC(C)C)C(=O)N[C@@H](CC(C)C)C(=O)N[C@@H](C)/C=C/C(=O)N1C(=O)C=C(OC)[C@@H]1c1cn(C(=O)OC(C)(C)C)c2ccccc12. The van der Waals surface area contributed by atoms with E-state index in [0.29, 0.717) is 22.9 Å². The lowest BCUT2D eigenvalue weighted by molar-refractivity contribution is -0.140. The number of imide groups is 1. The van der Waals surface area contributed by atoms with Gasteiger partial charge in [0.25, 0.3) is 11.8 Å². The number of benzene rings is 2. The monoisotopic (exact) mass is 898 g/mol. The van der Waals surface area contributed by atoms with Crippen LogP contribution in [0.25, 0.3) is 10.9 Å². The molecule has 1 aromatic heterocycles. The molecule has 0 aliphatic carbocycles. The Labute approximate surface area is 381 Å². The molecule has 6 atom stereocenters. The number of alkyl carbamates (subject to hydrolysis) is 1. The number of para-hydroxylation sites is 1. The van der Waals surface area contributed by atoms with Crippen LogP contribution in [0.4, 0.5) is 9.59 Å². The van der Waals surface area contributed by atoms with E-state index in [1.807, 2.05) is 71.9 Å². The highest BCUT2D eigenvalue weighted by atomic mass is 16.6. The van der Waals surface area contributed by atoms with E-state index in [1.165, 1.54) is 36.1 Å². The van der Waals surface area contributed by atoms with E-state index in [0.717, 1.165) is 10.5 Å². The summed E-state index contributed by atoms with van der Waals surface area (Å²) < 4.78 is 17.9. The summed E-state index contributed by atoms with van der Waals surface area (Å²) in [5.74, 6) is -3.17. The second kappa shape index (κ2) is 22.9. The number of methoxy groups -OCH3 is 1. The average Bonchev–Trinajstić information content (AvgIpc) is 3.79. The summed E-state index contributed by atoms with van der Waals surface area (Å²) in [6, 6.07) is 11.4. The van der Waals surface area contributed by atoms with Gasteiger partial charge >= 0.3 is 12.2 Å². The molecule has 0 fully saturated rings. The maximum atomic E-state index is 14.0. The summed E-state index contributed by atoms with van der Waals surface area (Å²) in [7, 11) is 1.39. The standard InChI is InChI=1S/C49H66N6O10/c1-12-31(6)42(53-47(61)64-28-33-18-14-13-15-19-33)46(60)52-37(25-30(4)5)45(59)51-36(24-29(2)3)44(58)50-32(7)22-23-40(56)55-41(57)26-39(63-11)43(55)35-27-54(48(62)65-49(8,9)10)38-21-17-16-20-34(35)38/h13-23,26-27,29-32,36-37,42-43H,12,24-25,28H2,1-11H3,(H,50,58)(H,51,59)(H,52,60)(H,53,61)/b23-22+/t31-,32-,36-,37-,42-,43-/m0/s1. The van der Waals surface area contributed by atoms with Gasteiger partial charge in [-0.05, 0) is 69.9 Å². The van der Waals surface area contributed by atoms with Gasteiger partial charge < -0.3 is 35.5 Å². The topological polar surface area (TPSA) is 203 Å². The predicted octanol–water partition coefficient (Wildman–Crippen LogP) is 6.83. The minimum Gasteiger partial charge on any atom is -0.498 e. The van der Waals surface area contributed by atoms with Crippen LogP contribution < -0.4 is 21.3 Å². The lowest BCUT2D eigenvalue weighted by Crippen LogP contribution is -2.58. The van der Waals surface area contributed by atoms with Crippen molar-refractivity contribution >= 4 is 52.6 Å². The molecule has 0 saturated heterocycles. The fourth-order valence-corrected chi connectivity index (χ4v) is 7.32. The molecule has 4 N–H and O–H groups in total. The van der Waals surface area contributed by atoms with Gasteiger partial charge in [0.15, 0.2) is 0 Å². The molecule has 2 heterocycles. The molecule has 1 aliphatic heterocycles. The Hall–Kier alpha value is -6.45. The van der Waals surface area contributed by atoms with Gasteiger partial charge in [-0.1, -0.05) is 103 Å². The molecule has 0 spiro atoms. The number of nitrogens with zero attached hydrogens (tertiary/aromatic N) is 2. The third kappa shape index (κ3) is 14.3. The van der Waals surface area contributed by atoms with E-state index >= 15 is 0 Å². The number of carbonyl (C=O) groups is 7. The van der Waals surface area contributed by atoms with E-state index in [4.69, 9.17) is 14.2 Å². The fraction of sp³-hybridized carbons (Fsp3) is 0.490. The van der Waals surface area contributed by atoms with Crippen molar-refractivity contribution in [2.45, 2.75) is 131 Å². The zero-order chi connectivity index (χ0) is 48.2. The van der Waals surface area contributed by atoms with Crippen molar-refractivity contribution < 1.29 is 47.8 Å². The largest absolute Gasteiger partial charge is 0.498 e. The Morgan fingerprint density at radius 1 is 0.785 bits per heavy atom. The molecule has 0 saturated carbocycles. The van der Waals surface area contributed by atoms with Gasteiger partial charge in [-0.25, -0.2) is 9.59 Å². The number of rotatable bonds is 19. The highest BCUT2D eigenvalue weighted by Gasteiger charge is 2.41. The van der Waals surface area contributed by atoms with Crippen molar-refractivity contribution in [1.82, 2.24) is 30.7 Å². The molecule has 16 heteroatoms. The maximum absolute atomic E-state index is 14.0. The smallest absolute Gasteiger partial charge is 0.419 e. The molecule has 16 nitrogen and oxygen atoms in total. The van der Waals surface area contributed by atoms with Crippen LogP contribution in [0.3, 0.4) is 0 Å². The second-order valence-electron chi connectivity index (χ2n) is 18.3. The summed E-state index contributed by atoms with van der Waals surface area (Å²) in [6.45, 7) is 18.2. The Morgan fingerprint density at radius 2 is 1.37 bits per heavy atom. The molecule has 4 rings (SSSR count). The Morgan fingerprint density at radius 3 is 1.95 bits per heavy atom. The lowest BCUT2D eigenvalue weighted by Gasteiger charge is -2.28. The predicted molar refractivity (Wildman–Crippen MR) is 246 cm³/mol. The number of hydrogen-bond donors (Lipinski definition) is 4. The van der Waals surface area contributed by atoms with E-state index in [2.05, 4.69) is 21.3 Å². The van der Waals surface area contributed by atoms with E-state index < -0.39 is 77.5 Å². The highest BCUT2D eigenvalue weighted by molar-refractivity contribution is 6.08.